The molecule has 0 aromatic heterocycles. The van der Waals surface area contributed by atoms with Crippen molar-refractivity contribution in [2.75, 3.05) is 0 Å². The number of aliphatic hydroxyl groups excluding tert-OH is 1. The van der Waals surface area contributed by atoms with Crippen molar-refractivity contribution in [2.24, 2.45) is 0 Å². The SMILES string of the molecule is O=C1OB(OC(O)O)OC1=O. The van der Waals surface area contributed by atoms with Crippen molar-refractivity contribution in [1.29, 1.82) is 0 Å². The van der Waals surface area contributed by atoms with Crippen molar-refractivity contribution < 1.29 is 33.8 Å². The predicted molar refractivity (Wildman–Crippen MR) is 27.2 cm³/mol. The standard InChI is InChI=1S/C3H3BO7/c5-1-2(6)10-4(9-1)11-3(7)8/h3,7-8H. The minimum Gasteiger partial charge on any atom is -0.465 e. The number of carbonyl (C=O) groups excluding carboxylic acids is 2. The molecule has 0 bridgehead atoms. The van der Waals surface area contributed by atoms with Gasteiger partial charge in [0, 0.05) is 0 Å². The normalized spacial score (nSPS) is 17.2. The van der Waals surface area contributed by atoms with Crippen molar-refractivity contribution in [2.45, 2.75) is 6.48 Å². The molecule has 0 aliphatic carbocycles. The zero-order valence-corrected chi connectivity index (χ0v) is 5.09. The Kier molecular flexibility index (Phi) is 2.08. The van der Waals surface area contributed by atoms with Gasteiger partial charge in [-0.15, -0.1) is 0 Å². The van der Waals surface area contributed by atoms with Crippen molar-refractivity contribution >= 4 is 19.3 Å². The molecule has 0 amide bonds. The highest BCUT2D eigenvalue weighted by atomic mass is 16.8. The van der Waals surface area contributed by atoms with E-state index in [1.165, 1.54) is 0 Å². The number of hydrogen-bond acceptors (Lipinski definition) is 7. The lowest BCUT2D eigenvalue weighted by Crippen LogP contribution is -2.27. The molecule has 1 rings (SSSR count). The van der Waals surface area contributed by atoms with Crippen molar-refractivity contribution in [3.63, 3.8) is 0 Å². The fourth-order valence-corrected chi connectivity index (χ4v) is 0.450. The fourth-order valence-electron chi connectivity index (χ4n) is 0.450. The summed E-state index contributed by atoms with van der Waals surface area (Å²) in [6.45, 7) is -2.15. The lowest BCUT2D eigenvalue weighted by atomic mass is 10.2. The molecule has 11 heavy (non-hydrogen) atoms. The molecular weight excluding hydrogens is 159 g/mol. The molecule has 1 fully saturated rings. The molecule has 0 radical (unpaired) electrons. The first-order chi connectivity index (χ1) is 5.09. The highest BCUT2D eigenvalue weighted by Gasteiger charge is 2.44. The largest absolute Gasteiger partial charge is 0.796 e. The third-order valence-corrected chi connectivity index (χ3v) is 0.806. The minimum absolute atomic E-state index is 1.23. The summed E-state index contributed by atoms with van der Waals surface area (Å²) in [4.78, 5) is 20.5. The average molecular weight is 162 g/mol. The van der Waals surface area contributed by atoms with E-state index < -0.39 is 25.7 Å². The molecular formula is C3H3BO7. The zero-order valence-electron chi connectivity index (χ0n) is 5.09. The second-order valence-corrected chi connectivity index (χ2v) is 1.56. The van der Waals surface area contributed by atoms with Crippen LogP contribution in [0, 0.1) is 0 Å². The van der Waals surface area contributed by atoms with E-state index in [4.69, 9.17) is 10.2 Å². The maximum Gasteiger partial charge on any atom is 0.796 e. The first-order valence-electron chi connectivity index (χ1n) is 2.53. The molecule has 0 aromatic rings. The van der Waals surface area contributed by atoms with Gasteiger partial charge in [0.25, 0.3) is 6.48 Å². The Bertz CT molecular complexity index is 172. The van der Waals surface area contributed by atoms with Crippen LogP contribution in [-0.2, 0) is 23.6 Å². The minimum atomic E-state index is -2.15. The van der Waals surface area contributed by atoms with E-state index in [1.807, 2.05) is 0 Å². The van der Waals surface area contributed by atoms with E-state index in [0.717, 1.165) is 0 Å². The van der Waals surface area contributed by atoms with E-state index in [0.29, 0.717) is 0 Å². The highest BCUT2D eigenvalue weighted by Crippen LogP contribution is 2.04. The monoisotopic (exact) mass is 162 g/mol. The number of hydrogen-bond donors (Lipinski definition) is 2. The zero-order chi connectivity index (χ0) is 8.43. The Morgan fingerprint density at radius 3 is 2.09 bits per heavy atom. The van der Waals surface area contributed by atoms with Gasteiger partial charge in [-0.25, -0.2) is 9.59 Å². The van der Waals surface area contributed by atoms with Crippen LogP contribution in [0.1, 0.15) is 0 Å². The smallest absolute Gasteiger partial charge is 0.465 e. The summed E-state index contributed by atoms with van der Waals surface area (Å²) < 4.78 is 12.0. The molecule has 0 saturated carbocycles. The summed E-state index contributed by atoms with van der Waals surface area (Å²) >= 11 is 0. The fraction of sp³-hybridized carbons (Fsp3) is 0.333. The summed E-state index contributed by atoms with van der Waals surface area (Å²) in [6, 6.07) is 0. The summed E-state index contributed by atoms with van der Waals surface area (Å²) in [7, 11) is -1.66. The molecule has 0 atom stereocenters. The molecule has 8 heteroatoms. The first kappa shape index (κ1) is 7.99. The van der Waals surface area contributed by atoms with Crippen LogP contribution in [-0.4, -0.2) is 35.9 Å². The maximum atomic E-state index is 10.2. The van der Waals surface area contributed by atoms with Gasteiger partial charge < -0.3 is 24.2 Å². The molecule has 0 aromatic carbocycles. The number of rotatable bonds is 2. The lowest BCUT2D eigenvalue weighted by Gasteiger charge is -2.03. The van der Waals surface area contributed by atoms with E-state index in [2.05, 4.69) is 14.0 Å². The Hall–Kier alpha value is -1.12. The van der Waals surface area contributed by atoms with Crippen LogP contribution >= 0.6 is 0 Å². The molecule has 2 N–H and O–H groups in total. The molecule has 60 valence electrons. The number of aliphatic hydroxyl groups is 2. The van der Waals surface area contributed by atoms with Crippen LogP contribution in [0.4, 0.5) is 0 Å². The summed E-state index contributed by atoms with van der Waals surface area (Å²) in [5.74, 6) is -2.45. The van der Waals surface area contributed by atoms with Gasteiger partial charge in [-0.05, 0) is 0 Å². The summed E-state index contributed by atoms with van der Waals surface area (Å²) in [5.41, 5.74) is 0. The van der Waals surface area contributed by atoms with Gasteiger partial charge in [-0.1, -0.05) is 0 Å². The molecule has 1 aliphatic heterocycles. The first-order valence-corrected chi connectivity index (χ1v) is 2.53. The van der Waals surface area contributed by atoms with Crippen molar-refractivity contribution in [1.82, 2.24) is 0 Å². The van der Waals surface area contributed by atoms with Gasteiger partial charge >= 0.3 is 19.3 Å². The van der Waals surface area contributed by atoms with Gasteiger partial charge in [0.15, 0.2) is 0 Å². The van der Waals surface area contributed by atoms with E-state index >= 15 is 0 Å². The van der Waals surface area contributed by atoms with Crippen LogP contribution in [0.15, 0.2) is 0 Å². The molecule has 7 nitrogen and oxygen atoms in total. The molecule has 0 spiro atoms. The lowest BCUT2D eigenvalue weighted by molar-refractivity contribution is -0.195. The van der Waals surface area contributed by atoms with E-state index in [9.17, 15) is 9.59 Å². The highest BCUT2D eigenvalue weighted by molar-refractivity contribution is 6.55. The van der Waals surface area contributed by atoms with Crippen molar-refractivity contribution in [3.05, 3.63) is 0 Å². The third-order valence-electron chi connectivity index (χ3n) is 0.806. The Balaban J connectivity index is 2.41. The predicted octanol–water partition coefficient (Wildman–Crippen LogP) is -2.64. The van der Waals surface area contributed by atoms with Crippen LogP contribution in [0.3, 0.4) is 0 Å². The second kappa shape index (κ2) is 2.87. The Labute approximate surface area is 60.6 Å². The number of carbonyl (C=O) groups is 2. The molecule has 1 heterocycles. The van der Waals surface area contributed by atoms with E-state index in [-0.39, 0.29) is 0 Å². The van der Waals surface area contributed by atoms with Crippen molar-refractivity contribution in [3.8, 4) is 0 Å². The topological polar surface area (TPSA) is 102 Å². The van der Waals surface area contributed by atoms with Gasteiger partial charge in [0.2, 0.25) is 0 Å². The molecule has 1 saturated heterocycles. The van der Waals surface area contributed by atoms with Gasteiger partial charge in [0.05, 0.1) is 0 Å². The second-order valence-electron chi connectivity index (χ2n) is 1.56. The molecule has 1 aliphatic rings. The van der Waals surface area contributed by atoms with Crippen LogP contribution in [0.25, 0.3) is 0 Å². The van der Waals surface area contributed by atoms with Gasteiger partial charge in [-0.2, -0.15) is 0 Å². The summed E-state index contributed by atoms with van der Waals surface area (Å²) in [5, 5.41) is 16.3. The van der Waals surface area contributed by atoms with Gasteiger partial charge in [-0.3, -0.25) is 0 Å². The Morgan fingerprint density at radius 1 is 1.27 bits per heavy atom. The average Bonchev–Trinajstić information content (AvgIpc) is 2.10. The quantitative estimate of drug-likeness (QED) is 0.259. The van der Waals surface area contributed by atoms with Gasteiger partial charge in [0.1, 0.15) is 0 Å². The van der Waals surface area contributed by atoms with Crippen LogP contribution in [0.2, 0.25) is 0 Å². The maximum absolute atomic E-state index is 10.2. The van der Waals surface area contributed by atoms with Crippen LogP contribution in [0.5, 0.6) is 0 Å². The Morgan fingerprint density at radius 2 is 1.73 bits per heavy atom. The third kappa shape index (κ3) is 1.90. The molecule has 0 unspecified atom stereocenters. The summed E-state index contributed by atoms with van der Waals surface area (Å²) in [6.07, 6.45) is 0. The van der Waals surface area contributed by atoms with Crippen LogP contribution < -0.4 is 0 Å². The van der Waals surface area contributed by atoms with E-state index in [1.54, 1.807) is 0 Å².